The predicted molar refractivity (Wildman–Crippen MR) is 65.7 cm³/mol. The molecule has 0 bridgehead atoms. The molecule has 0 radical (unpaired) electrons. The summed E-state index contributed by atoms with van der Waals surface area (Å²) in [5, 5.41) is 20.0. The average molecular weight is 268 g/mol. The zero-order valence-electron chi connectivity index (χ0n) is 10.3. The third-order valence-corrected chi connectivity index (χ3v) is 3.31. The van der Waals surface area contributed by atoms with Crippen molar-refractivity contribution in [3.63, 3.8) is 0 Å². The second kappa shape index (κ2) is 4.83. The highest BCUT2D eigenvalue weighted by molar-refractivity contribution is 5.74. The number of aliphatic carboxylic acids is 1. The predicted octanol–water partition coefficient (Wildman–Crippen LogP) is 1.95. The summed E-state index contributed by atoms with van der Waals surface area (Å²) in [6.07, 6.45) is 0.405. The van der Waals surface area contributed by atoms with E-state index in [0.29, 0.717) is 13.0 Å². The zero-order valence-corrected chi connectivity index (χ0v) is 10.3. The topological polar surface area (TPSA) is 83.7 Å². The lowest BCUT2D eigenvalue weighted by Gasteiger charge is -2.18. The van der Waals surface area contributed by atoms with Crippen LogP contribution in [0.15, 0.2) is 12.1 Å². The molecule has 1 fully saturated rings. The molecule has 0 amide bonds. The monoisotopic (exact) mass is 268 g/mol. The number of nitro groups is 1. The van der Waals surface area contributed by atoms with Gasteiger partial charge in [-0.25, -0.2) is 4.39 Å². The number of halogens is 1. The first-order chi connectivity index (χ1) is 8.90. The van der Waals surface area contributed by atoms with E-state index in [-0.39, 0.29) is 23.5 Å². The van der Waals surface area contributed by atoms with Crippen molar-refractivity contribution in [2.24, 2.45) is 5.92 Å². The number of anilines is 1. The van der Waals surface area contributed by atoms with E-state index in [4.69, 9.17) is 5.11 Å². The summed E-state index contributed by atoms with van der Waals surface area (Å²) in [6.45, 7) is 2.01. The van der Waals surface area contributed by atoms with E-state index in [1.54, 1.807) is 4.90 Å². The van der Waals surface area contributed by atoms with Crippen molar-refractivity contribution in [2.45, 2.75) is 13.3 Å². The van der Waals surface area contributed by atoms with Gasteiger partial charge in [0, 0.05) is 24.7 Å². The molecule has 0 unspecified atom stereocenters. The first kappa shape index (κ1) is 13.3. The minimum Gasteiger partial charge on any atom is -0.481 e. The lowest BCUT2D eigenvalue weighted by atomic mass is 10.1. The Morgan fingerprint density at radius 3 is 2.79 bits per heavy atom. The van der Waals surface area contributed by atoms with Crippen LogP contribution in [0.2, 0.25) is 0 Å². The Morgan fingerprint density at radius 1 is 1.58 bits per heavy atom. The fourth-order valence-corrected chi connectivity index (χ4v) is 2.38. The molecule has 1 saturated heterocycles. The molecule has 1 aromatic carbocycles. The van der Waals surface area contributed by atoms with Gasteiger partial charge >= 0.3 is 5.97 Å². The van der Waals surface area contributed by atoms with E-state index in [2.05, 4.69) is 0 Å². The van der Waals surface area contributed by atoms with E-state index in [9.17, 15) is 19.3 Å². The van der Waals surface area contributed by atoms with Crippen LogP contribution in [-0.4, -0.2) is 29.1 Å². The second-order valence-electron chi connectivity index (χ2n) is 4.62. The van der Waals surface area contributed by atoms with Crippen molar-refractivity contribution in [2.75, 3.05) is 18.0 Å². The number of benzene rings is 1. The number of hydrogen-bond acceptors (Lipinski definition) is 4. The van der Waals surface area contributed by atoms with Crippen LogP contribution in [-0.2, 0) is 4.79 Å². The number of nitrogens with zero attached hydrogens (tertiary/aromatic N) is 2. The van der Waals surface area contributed by atoms with Crippen LogP contribution < -0.4 is 4.90 Å². The van der Waals surface area contributed by atoms with Gasteiger partial charge in [0.1, 0.15) is 11.5 Å². The van der Waals surface area contributed by atoms with Crippen molar-refractivity contribution in [1.82, 2.24) is 0 Å². The van der Waals surface area contributed by atoms with Crippen LogP contribution in [0.3, 0.4) is 0 Å². The fraction of sp³-hybridized carbons (Fsp3) is 0.417. The van der Waals surface area contributed by atoms with E-state index in [1.165, 1.54) is 6.92 Å². The molecular weight excluding hydrogens is 255 g/mol. The fourth-order valence-electron chi connectivity index (χ4n) is 2.38. The highest BCUT2D eigenvalue weighted by Crippen LogP contribution is 2.35. The number of hydrogen-bond donors (Lipinski definition) is 1. The van der Waals surface area contributed by atoms with Gasteiger partial charge in [0.05, 0.1) is 10.8 Å². The minimum absolute atomic E-state index is 0.159. The molecular formula is C12H13FN2O4. The maximum Gasteiger partial charge on any atom is 0.308 e. The van der Waals surface area contributed by atoms with Crippen molar-refractivity contribution < 1.29 is 19.2 Å². The second-order valence-corrected chi connectivity index (χ2v) is 4.62. The number of carboxylic acids is 1. The van der Waals surface area contributed by atoms with Gasteiger partial charge in [0.2, 0.25) is 0 Å². The van der Waals surface area contributed by atoms with Crippen LogP contribution in [0.25, 0.3) is 0 Å². The molecule has 1 heterocycles. The molecule has 0 aliphatic carbocycles. The number of aryl methyl sites for hydroxylation is 1. The summed E-state index contributed by atoms with van der Waals surface area (Å²) in [4.78, 5) is 23.0. The van der Waals surface area contributed by atoms with Crippen molar-refractivity contribution in [3.05, 3.63) is 33.6 Å². The van der Waals surface area contributed by atoms with Crippen LogP contribution in [0.5, 0.6) is 0 Å². The van der Waals surface area contributed by atoms with Gasteiger partial charge in [-0.2, -0.15) is 0 Å². The SMILES string of the molecule is Cc1cc(F)cc(N2CC[C@H](C(=O)O)C2)c1[N+](=O)[O-]. The van der Waals surface area contributed by atoms with Crippen LogP contribution in [0.4, 0.5) is 15.8 Å². The lowest BCUT2D eigenvalue weighted by Crippen LogP contribution is -2.23. The number of nitro benzene ring substituents is 1. The van der Waals surface area contributed by atoms with E-state index < -0.39 is 22.6 Å². The molecule has 1 aliphatic heterocycles. The van der Waals surface area contributed by atoms with Crippen LogP contribution in [0.1, 0.15) is 12.0 Å². The maximum absolute atomic E-state index is 13.4. The van der Waals surface area contributed by atoms with Crippen LogP contribution in [0, 0.1) is 28.8 Å². The third-order valence-electron chi connectivity index (χ3n) is 3.31. The standard InChI is InChI=1S/C12H13FN2O4/c1-7-4-9(13)5-10(11(7)15(18)19)14-3-2-8(6-14)12(16)17/h4-5,8H,2-3,6H2,1H3,(H,16,17)/t8-/m0/s1. The van der Waals surface area contributed by atoms with Gasteiger partial charge in [0.25, 0.3) is 5.69 Å². The molecule has 1 atom stereocenters. The highest BCUT2D eigenvalue weighted by Gasteiger charge is 2.32. The van der Waals surface area contributed by atoms with Gasteiger partial charge in [-0.05, 0) is 19.4 Å². The van der Waals surface area contributed by atoms with Crippen molar-refractivity contribution >= 4 is 17.3 Å². The Morgan fingerprint density at radius 2 is 2.26 bits per heavy atom. The first-order valence-corrected chi connectivity index (χ1v) is 5.82. The van der Waals surface area contributed by atoms with E-state index in [0.717, 1.165) is 12.1 Å². The first-order valence-electron chi connectivity index (χ1n) is 5.82. The van der Waals surface area contributed by atoms with Gasteiger partial charge in [0.15, 0.2) is 0 Å². The minimum atomic E-state index is -0.932. The van der Waals surface area contributed by atoms with E-state index in [1.807, 2.05) is 0 Å². The summed E-state index contributed by atoms with van der Waals surface area (Å²) >= 11 is 0. The normalized spacial score (nSPS) is 18.6. The summed E-state index contributed by atoms with van der Waals surface area (Å²) < 4.78 is 13.4. The molecule has 1 aliphatic rings. The molecule has 0 spiro atoms. The van der Waals surface area contributed by atoms with Crippen LogP contribution >= 0.6 is 0 Å². The molecule has 102 valence electrons. The van der Waals surface area contributed by atoms with Crippen molar-refractivity contribution in [3.8, 4) is 0 Å². The molecule has 2 rings (SSSR count). The molecule has 0 aromatic heterocycles. The molecule has 1 aromatic rings. The Balaban J connectivity index is 2.40. The molecule has 19 heavy (non-hydrogen) atoms. The van der Waals surface area contributed by atoms with E-state index >= 15 is 0 Å². The molecule has 6 nitrogen and oxygen atoms in total. The average Bonchev–Trinajstić information content (AvgIpc) is 2.76. The smallest absolute Gasteiger partial charge is 0.308 e. The Kier molecular flexibility index (Phi) is 3.37. The molecule has 7 heteroatoms. The summed E-state index contributed by atoms with van der Waals surface area (Å²) in [6, 6.07) is 2.20. The van der Waals surface area contributed by atoms with Gasteiger partial charge in [-0.1, -0.05) is 0 Å². The highest BCUT2D eigenvalue weighted by atomic mass is 19.1. The van der Waals surface area contributed by atoms with Gasteiger partial charge in [-0.15, -0.1) is 0 Å². The van der Waals surface area contributed by atoms with Gasteiger partial charge in [-0.3, -0.25) is 14.9 Å². The number of rotatable bonds is 3. The Hall–Kier alpha value is -2.18. The quantitative estimate of drug-likeness (QED) is 0.669. The Bertz CT molecular complexity index is 547. The zero-order chi connectivity index (χ0) is 14.2. The molecule has 1 N–H and O–H groups in total. The maximum atomic E-state index is 13.4. The number of carbonyl (C=O) groups is 1. The summed E-state index contributed by atoms with van der Waals surface area (Å²) in [5.41, 5.74) is 0.234. The lowest BCUT2D eigenvalue weighted by molar-refractivity contribution is -0.384. The third kappa shape index (κ3) is 2.49. The van der Waals surface area contributed by atoms with Gasteiger partial charge < -0.3 is 10.0 Å². The van der Waals surface area contributed by atoms with Crippen molar-refractivity contribution in [1.29, 1.82) is 0 Å². The summed E-state index contributed by atoms with van der Waals surface area (Å²) in [5.74, 6) is -2.06. The summed E-state index contributed by atoms with van der Waals surface area (Å²) in [7, 11) is 0. The largest absolute Gasteiger partial charge is 0.481 e. The Labute approximate surface area is 108 Å². The number of carboxylic acid groups (broad SMARTS) is 1. The molecule has 0 saturated carbocycles.